The van der Waals surface area contributed by atoms with E-state index in [0.29, 0.717) is 5.66 Å². The van der Waals surface area contributed by atoms with Crippen LogP contribution in [0.25, 0.3) is 0 Å². The summed E-state index contributed by atoms with van der Waals surface area (Å²) < 4.78 is 0. The summed E-state index contributed by atoms with van der Waals surface area (Å²) in [7, 11) is 2.30. The molecule has 96 valence electrons. The van der Waals surface area contributed by atoms with Crippen LogP contribution in [0.5, 0.6) is 0 Å². The summed E-state index contributed by atoms with van der Waals surface area (Å²) in [4.78, 5) is 5.29. The Morgan fingerprint density at radius 3 is 2.25 bits per heavy atom. The summed E-state index contributed by atoms with van der Waals surface area (Å²) in [6, 6.07) is 0. The Bertz CT molecular complexity index is 201. The normalized spacial score (nSPS) is 28.1. The van der Waals surface area contributed by atoms with Gasteiger partial charge in [-0.25, -0.2) is 0 Å². The van der Waals surface area contributed by atoms with Gasteiger partial charge in [-0.3, -0.25) is 9.80 Å². The third-order valence-electron chi connectivity index (χ3n) is 4.66. The van der Waals surface area contributed by atoms with Crippen LogP contribution in [-0.4, -0.2) is 42.1 Å². The highest BCUT2D eigenvalue weighted by Crippen LogP contribution is 2.36. The van der Waals surface area contributed by atoms with Gasteiger partial charge in [-0.1, -0.05) is 40.0 Å². The lowest BCUT2D eigenvalue weighted by atomic mass is 9.87. The zero-order chi connectivity index (χ0) is 12.2. The van der Waals surface area contributed by atoms with Gasteiger partial charge in [0.25, 0.3) is 0 Å². The van der Waals surface area contributed by atoms with E-state index < -0.39 is 0 Å². The molecule has 1 rings (SSSR count). The fourth-order valence-corrected chi connectivity index (χ4v) is 3.28. The second-order valence-electron chi connectivity index (χ2n) is 5.37. The van der Waals surface area contributed by atoms with Crippen LogP contribution >= 0.6 is 0 Å². The molecule has 0 bridgehead atoms. The predicted octanol–water partition coefficient (Wildman–Crippen LogP) is 3.19. The maximum atomic E-state index is 2.72. The fraction of sp³-hybridized carbons (Fsp3) is 1.00. The Kier molecular flexibility index (Phi) is 5.26. The van der Waals surface area contributed by atoms with E-state index in [2.05, 4.69) is 44.5 Å². The molecule has 2 nitrogen and oxygen atoms in total. The molecule has 2 heteroatoms. The van der Waals surface area contributed by atoms with Crippen LogP contribution in [-0.2, 0) is 0 Å². The molecule has 0 aromatic rings. The van der Waals surface area contributed by atoms with Crippen LogP contribution in [0.2, 0.25) is 0 Å². The predicted molar refractivity (Wildman–Crippen MR) is 71.6 cm³/mol. The molecule has 16 heavy (non-hydrogen) atoms. The van der Waals surface area contributed by atoms with Gasteiger partial charge in [-0.2, -0.15) is 0 Å². The van der Waals surface area contributed by atoms with Crippen molar-refractivity contribution in [3.63, 3.8) is 0 Å². The fourth-order valence-electron chi connectivity index (χ4n) is 3.28. The van der Waals surface area contributed by atoms with E-state index in [4.69, 9.17) is 0 Å². The van der Waals surface area contributed by atoms with Crippen molar-refractivity contribution in [2.45, 2.75) is 59.0 Å². The zero-order valence-corrected chi connectivity index (χ0v) is 11.9. The van der Waals surface area contributed by atoms with Crippen LogP contribution < -0.4 is 0 Å². The molecular weight excluding hydrogens is 196 g/mol. The van der Waals surface area contributed by atoms with E-state index in [-0.39, 0.29) is 0 Å². The van der Waals surface area contributed by atoms with E-state index in [9.17, 15) is 0 Å². The molecule has 1 aliphatic rings. The molecule has 1 unspecified atom stereocenters. The smallest absolute Gasteiger partial charge is 0.0735 e. The van der Waals surface area contributed by atoms with Crippen molar-refractivity contribution >= 4 is 0 Å². The lowest BCUT2D eigenvalue weighted by Crippen LogP contribution is -2.55. The summed E-state index contributed by atoms with van der Waals surface area (Å²) in [5, 5.41) is 0. The van der Waals surface area contributed by atoms with Crippen LogP contribution in [0.1, 0.15) is 53.4 Å². The molecule has 1 saturated heterocycles. The minimum absolute atomic E-state index is 0.304. The van der Waals surface area contributed by atoms with Gasteiger partial charge >= 0.3 is 0 Å². The van der Waals surface area contributed by atoms with Gasteiger partial charge in [0.2, 0.25) is 0 Å². The van der Waals surface area contributed by atoms with Crippen molar-refractivity contribution in [2.75, 3.05) is 26.7 Å². The topological polar surface area (TPSA) is 6.48 Å². The molecule has 0 N–H and O–H groups in total. The number of hydrogen-bond acceptors (Lipinski definition) is 2. The zero-order valence-electron chi connectivity index (χ0n) is 11.9. The Balaban J connectivity index is 2.76. The van der Waals surface area contributed by atoms with Gasteiger partial charge < -0.3 is 0 Å². The van der Waals surface area contributed by atoms with Crippen molar-refractivity contribution < 1.29 is 0 Å². The first kappa shape index (κ1) is 14.0. The molecule has 1 atom stereocenters. The minimum Gasteiger partial charge on any atom is -0.287 e. The van der Waals surface area contributed by atoms with Gasteiger partial charge in [0.15, 0.2) is 0 Å². The van der Waals surface area contributed by atoms with Gasteiger partial charge in [-0.15, -0.1) is 0 Å². The van der Waals surface area contributed by atoms with Crippen molar-refractivity contribution in [1.29, 1.82) is 0 Å². The molecule has 0 amide bonds. The van der Waals surface area contributed by atoms with E-state index >= 15 is 0 Å². The molecule has 0 saturated carbocycles. The highest BCUT2D eigenvalue weighted by molar-refractivity contribution is 4.95. The lowest BCUT2D eigenvalue weighted by Gasteiger charge is -2.45. The van der Waals surface area contributed by atoms with E-state index in [1.165, 1.54) is 45.3 Å². The van der Waals surface area contributed by atoms with Gasteiger partial charge in [-0.05, 0) is 32.9 Å². The van der Waals surface area contributed by atoms with Gasteiger partial charge in [0.1, 0.15) is 0 Å². The van der Waals surface area contributed by atoms with Crippen LogP contribution in [0.3, 0.4) is 0 Å². The summed E-state index contributed by atoms with van der Waals surface area (Å²) in [5.41, 5.74) is 0.304. The largest absolute Gasteiger partial charge is 0.287 e. The SMILES string of the molecule is CCCCN1CCN(C)C1(C)C(CC)CC. The Labute approximate surface area is 102 Å². The van der Waals surface area contributed by atoms with Crippen molar-refractivity contribution in [2.24, 2.45) is 5.92 Å². The first-order valence-electron chi connectivity index (χ1n) is 7.07. The molecule has 1 fully saturated rings. The van der Waals surface area contributed by atoms with Crippen LogP contribution in [0, 0.1) is 5.92 Å². The van der Waals surface area contributed by atoms with E-state index in [0.717, 1.165) is 5.92 Å². The number of nitrogens with zero attached hydrogens (tertiary/aromatic N) is 2. The molecule has 0 radical (unpaired) electrons. The number of unbranched alkanes of at least 4 members (excludes halogenated alkanes) is 1. The molecule has 0 aromatic heterocycles. The standard InChI is InChI=1S/C14H30N2/c1-6-9-10-16-12-11-15(5)14(16,4)13(7-2)8-3/h13H,6-12H2,1-5H3. The lowest BCUT2D eigenvalue weighted by molar-refractivity contribution is -0.0138. The summed E-state index contributed by atoms with van der Waals surface area (Å²) in [6.07, 6.45) is 5.22. The third-order valence-corrected chi connectivity index (χ3v) is 4.66. The average Bonchev–Trinajstić information content (AvgIpc) is 2.56. The van der Waals surface area contributed by atoms with Crippen LogP contribution in [0.15, 0.2) is 0 Å². The second-order valence-corrected chi connectivity index (χ2v) is 5.37. The number of likely N-dealkylation sites (N-methyl/N-ethyl adjacent to an activating group) is 1. The van der Waals surface area contributed by atoms with Crippen molar-refractivity contribution in [3.8, 4) is 0 Å². The summed E-state index contributed by atoms with van der Waals surface area (Å²) in [5.74, 6) is 0.803. The molecule has 0 spiro atoms. The van der Waals surface area contributed by atoms with Gasteiger partial charge in [0, 0.05) is 13.1 Å². The molecule has 0 aliphatic carbocycles. The van der Waals surface area contributed by atoms with Gasteiger partial charge in [0.05, 0.1) is 5.66 Å². The molecule has 0 aromatic carbocycles. The van der Waals surface area contributed by atoms with Crippen molar-refractivity contribution in [1.82, 2.24) is 9.80 Å². The highest BCUT2D eigenvalue weighted by Gasteiger charge is 2.44. The van der Waals surface area contributed by atoms with Crippen LogP contribution in [0.4, 0.5) is 0 Å². The molecular formula is C14H30N2. The van der Waals surface area contributed by atoms with E-state index in [1.807, 2.05) is 0 Å². The average molecular weight is 226 g/mol. The number of hydrogen-bond donors (Lipinski definition) is 0. The first-order chi connectivity index (χ1) is 7.61. The Hall–Kier alpha value is -0.0800. The second kappa shape index (κ2) is 6.02. The van der Waals surface area contributed by atoms with E-state index in [1.54, 1.807) is 0 Å². The maximum absolute atomic E-state index is 2.72. The maximum Gasteiger partial charge on any atom is 0.0735 e. The van der Waals surface area contributed by atoms with Crippen molar-refractivity contribution in [3.05, 3.63) is 0 Å². The monoisotopic (exact) mass is 226 g/mol. The highest BCUT2D eigenvalue weighted by atomic mass is 15.4. The molecule has 1 heterocycles. The summed E-state index contributed by atoms with van der Waals surface area (Å²) in [6.45, 7) is 13.2. The summed E-state index contributed by atoms with van der Waals surface area (Å²) >= 11 is 0. The Morgan fingerprint density at radius 2 is 1.75 bits per heavy atom. The Morgan fingerprint density at radius 1 is 1.12 bits per heavy atom. The third kappa shape index (κ3) is 2.43. The first-order valence-corrected chi connectivity index (χ1v) is 7.07. The number of rotatable bonds is 6. The quantitative estimate of drug-likeness (QED) is 0.686. The molecule has 1 aliphatic heterocycles. The minimum atomic E-state index is 0.304.